The molecule has 0 aliphatic rings. The molecule has 0 aromatic rings. The van der Waals surface area contributed by atoms with Gasteiger partial charge in [0.15, 0.2) is 6.10 Å². The summed E-state index contributed by atoms with van der Waals surface area (Å²) in [6, 6.07) is 0. The summed E-state index contributed by atoms with van der Waals surface area (Å²) in [6.07, 6.45) is 77.0. The lowest BCUT2D eigenvalue weighted by Crippen LogP contribution is -2.30. The average Bonchev–Trinajstić information content (AvgIpc) is 3.39. The molecule has 0 aliphatic carbocycles. The van der Waals surface area contributed by atoms with E-state index in [-0.39, 0.29) is 31.1 Å². The number of hydrogen-bond donors (Lipinski definition) is 0. The van der Waals surface area contributed by atoms with Crippen molar-refractivity contribution >= 4 is 17.9 Å². The Morgan fingerprint density at radius 3 is 0.753 bits per heavy atom. The van der Waals surface area contributed by atoms with E-state index in [0.29, 0.717) is 19.3 Å². The predicted octanol–water partition coefficient (Wildman–Crippen LogP) is 21.8. The van der Waals surface area contributed by atoms with Gasteiger partial charge < -0.3 is 14.2 Å². The highest BCUT2D eigenvalue weighted by Gasteiger charge is 2.19. The summed E-state index contributed by atoms with van der Waals surface area (Å²) < 4.78 is 16.9. The molecule has 0 aromatic carbocycles. The van der Waals surface area contributed by atoms with Crippen LogP contribution in [0.15, 0.2) is 48.6 Å². The van der Waals surface area contributed by atoms with Crippen molar-refractivity contribution in [3.63, 3.8) is 0 Å². The van der Waals surface area contributed by atoms with Crippen molar-refractivity contribution < 1.29 is 28.6 Å². The Bertz CT molecular complexity index is 1270. The van der Waals surface area contributed by atoms with Gasteiger partial charge in [0.1, 0.15) is 13.2 Å². The average molecular weight is 1020 g/mol. The second-order valence-corrected chi connectivity index (χ2v) is 21.7. The Labute approximate surface area is 454 Å². The van der Waals surface area contributed by atoms with Crippen LogP contribution in [0.3, 0.4) is 0 Å². The van der Waals surface area contributed by atoms with Crippen molar-refractivity contribution in [1.82, 2.24) is 0 Å². The molecule has 0 saturated heterocycles. The van der Waals surface area contributed by atoms with Gasteiger partial charge in [-0.05, 0) is 83.5 Å². The lowest BCUT2D eigenvalue weighted by Gasteiger charge is -2.18. The fourth-order valence-corrected chi connectivity index (χ4v) is 9.45. The molecule has 1 atom stereocenters. The summed E-state index contributed by atoms with van der Waals surface area (Å²) >= 11 is 0. The molecule has 1 unspecified atom stereocenters. The van der Waals surface area contributed by atoms with Crippen LogP contribution < -0.4 is 0 Å². The van der Waals surface area contributed by atoms with E-state index in [2.05, 4.69) is 69.4 Å². The van der Waals surface area contributed by atoms with Crippen LogP contribution in [0.1, 0.15) is 342 Å². The highest BCUT2D eigenvalue weighted by molar-refractivity contribution is 5.71. The maximum absolute atomic E-state index is 12.9. The number of rotatable bonds is 59. The Hall–Kier alpha value is -2.63. The largest absolute Gasteiger partial charge is 0.462 e. The molecule has 0 aliphatic heterocycles. The van der Waals surface area contributed by atoms with Crippen LogP contribution in [0.2, 0.25) is 0 Å². The fourth-order valence-electron chi connectivity index (χ4n) is 9.45. The highest BCUT2D eigenvalue weighted by atomic mass is 16.6. The second kappa shape index (κ2) is 61.9. The van der Waals surface area contributed by atoms with Gasteiger partial charge in [0.2, 0.25) is 0 Å². The quantitative estimate of drug-likeness (QED) is 0.0261. The zero-order valence-electron chi connectivity index (χ0n) is 48.9. The lowest BCUT2D eigenvalue weighted by molar-refractivity contribution is -0.167. The van der Waals surface area contributed by atoms with Crippen molar-refractivity contribution in [2.75, 3.05) is 13.2 Å². The number of esters is 3. The molecule has 0 aromatic heterocycles. The summed E-state index contributed by atoms with van der Waals surface area (Å²) in [6.45, 7) is 6.64. The van der Waals surface area contributed by atoms with E-state index in [9.17, 15) is 14.4 Å². The van der Waals surface area contributed by atoms with Crippen molar-refractivity contribution in [3.05, 3.63) is 48.6 Å². The third kappa shape index (κ3) is 60.1. The highest BCUT2D eigenvalue weighted by Crippen LogP contribution is 2.17. The number of allylic oxidation sites excluding steroid dienone is 8. The molecule has 0 amide bonds. The fraction of sp³-hybridized carbons (Fsp3) is 0.836. The van der Waals surface area contributed by atoms with E-state index in [1.165, 1.54) is 231 Å². The van der Waals surface area contributed by atoms with Gasteiger partial charge in [-0.1, -0.05) is 288 Å². The minimum atomic E-state index is -0.773. The van der Waals surface area contributed by atoms with Gasteiger partial charge >= 0.3 is 17.9 Å². The molecular weight excluding hydrogens is 901 g/mol. The first kappa shape index (κ1) is 70.4. The third-order valence-corrected chi connectivity index (χ3v) is 14.3. The maximum atomic E-state index is 12.9. The van der Waals surface area contributed by atoms with Crippen molar-refractivity contribution in [2.45, 2.75) is 348 Å². The number of ether oxygens (including phenoxy) is 3. The van der Waals surface area contributed by atoms with E-state index in [1.807, 2.05) is 0 Å². The first-order valence-corrected chi connectivity index (χ1v) is 32.1. The first-order chi connectivity index (χ1) is 36.0. The second-order valence-electron chi connectivity index (χ2n) is 21.7. The van der Waals surface area contributed by atoms with E-state index in [0.717, 1.165) is 70.6 Å². The van der Waals surface area contributed by atoms with Crippen LogP contribution in [-0.2, 0) is 28.6 Å². The molecule has 0 spiro atoms. The Morgan fingerprint density at radius 1 is 0.274 bits per heavy atom. The summed E-state index contributed by atoms with van der Waals surface area (Å²) in [7, 11) is 0. The minimum absolute atomic E-state index is 0.0716. The molecule has 0 heterocycles. The summed E-state index contributed by atoms with van der Waals surface area (Å²) in [5.41, 5.74) is 0. The zero-order valence-corrected chi connectivity index (χ0v) is 48.9. The van der Waals surface area contributed by atoms with Crippen molar-refractivity contribution in [3.8, 4) is 0 Å². The minimum Gasteiger partial charge on any atom is -0.462 e. The van der Waals surface area contributed by atoms with Gasteiger partial charge in [-0.2, -0.15) is 0 Å². The summed E-state index contributed by atoms with van der Waals surface area (Å²) in [5.74, 6) is -0.861. The molecule has 0 saturated carbocycles. The molecule has 6 nitrogen and oxygen atoms in total. The Kier molecular flexibility index (Phi) is 59.7. The monoisotopic (exact) mass is 1020 g/mol. The van der Waals surface area contributed by atoms with E-state index in [4.69, 9.17) is 14.2 Å². The topological polar surface area (TPSA) is 78.9 Å². The maximum Gasteiger partial charge on any atom is 0.306 e. The van der Waals surface area contributed by atoms with Crippen LogP contribution in [-0.4, -0.2) is 37.2 Å². The molecule has 73 heavy (non-hydrogen) atoms. The number of unbranched alkanes of at least 4 members (excludes halogenated alkanes) is 40. The summed E-state index contributed by atoms with van der Waals surface area (Å²) in [5, 5.41) is 0. The Morgan fingerprint density at radius 2 is 0.493 bits per heavy atom. The van der Waals surface area contributed by atoms with Gasteiger partial charge in [-0.3, -0.25) is 14.4 Å². The van der Waals surface area contributed by atoms with Gasteiger partial charge in [0.05, 0.1) is 0 Å². The van der Waals surface area contributed by atoms with Crippen LogP contribution in [0, 0.1) is 0 Å². The van der Waals surface area contributed by atoms with Gasteiger partial charge in [0, 0.05) is 19.3 Å². The molecule has 0 rings (SSSR count). The first-order valence-electron chi connectivity index (χ1n) is 32.1. The van der Waals surface area contributed by atoms with E-state index in [1.54, 1.807) is 0 Å². The van der Waals surface area contributed by atoms with E-state index >= 15 is 0 Å². The normalized spacial score (nSPS) is 12.3. The van der Waals surface area contributed by atoms with Gasteiger partial charge in [-0.25, -0.2) is 0 Å². The number of carbonyl (C=O) groups is 3. The van der Waals surface area contributed by atoms with Crippen molar-refractivity contribution in [2.24, 2.45) is 0 Å². The Balaban J connectivity index is 4.19. The number of carbonyl (C=O) groups excluding carboxylic acids is 3. The van der Waals surface area contributed by atoms with Crippen LogP contribution in [0.5, 0.6) is 0 Å². The van der Waals surface area contributed by atoms with Gasteiger partial charge in [0.25, 0.3) is 0 Å². The standard InChI is InChI=1S/C67H122O6/c1-4-7-10-13-16-19-21-23-25-27-29-31-32-33-34-36-37-39-41-43-45-48-51-54-57-60-66(69)72-63-64(62-71-65(68)59-56-53-50-47-18-15-12-9-6-3)73-67(70)61-58-55-52-49-46-44-42-40-38-35-30-28-26-24-22-20-17-14-11-8-5-2/h21-24,27-30,64H,4-20,25-26,31-63H2,1-3H3/b23-21-,24-22-,29-27-,30-28-. The SMILES string of the molecule is CCCCCCC/C=C\C/C=C\CCCCCCCCCCCCCCCC(=O)OCC(COC(=O)CCCCCCCCCCC)OC(=O)CCCCCCCCCCC/C=C\C/C=C\CCCCCCC. The van der Waals surface area contributed by atoms with Crippen LogP contribution in [0.25, 0.3) is 0 Å². The third-order valence-electron chi connectivity index (χ3n) is 14.3. The lowest BCUT2D eigenvalue weighted by atomic mass is 10.0. The van der Waals surface area contributed by atoms with Crippen molar-refractivity contribution in [1.29, 1.82) is 0 Å². The predicted molar refractivity (Wildman–Crippen MR) is 316 cm³/mol. The van der Waals surface area contributed by atoms with Gasteiger partial charge in [-0.15, -0.1) is 0 Å². The molecule has 0 bridgehead atoms. The zero-order chi connectivity index (χ0) is 52.9. The molecule has 0 radical (unpaired) electrons. The van der Waals surface area contributed by atoms with E-state index < -0.39 is 6.10 Å². The van der Waals surface area contributed by atoms with Crippen LogP contribution in [0.4, 0.5) is 0 Å². The molecule has 6 heteroatoms. The molecular formula is C67H122O6. The summed E-state index contributed by atoms with van der Waals surface area (Å²) in [4.78, 5) is 38.2. The molecule has 0 fully saturated rings. The smallest absolute Gasteiger partial charge is 0.306 e. The molecule has 426 valence electrons. The number of hydrogen-bond acceptors (Lipinski definition) is 6. The molecule has 0 N–H and O–H groups in total. The van der Waals surface area contributed by atoms with Crippen LogP contribution >= 0.6 is 0 Å².